The summed E-state index contributed by atoms with van der Waals surface area (Å²) in [5.74, 6) is 0.799. The maximum Gasteiger partial charge on any atom is 0.0693 e. The number of aliphatic hydroxyl groups is 1. The molecule has 3 rings (SSSR count). The summed E-state index contributed by atoms with van der Waals surface area (Å²) in [4.78, 5) is 2.74. The zero-order chi connectivity index (χ0) is 16.8. The van der Waals surface area contributed by atoms with Crippen molar-refractivity contribution < 1.29 is 9.84 Å². The summed E-state index contributed by atoms with van der Waals surface area (Å²) in [5.41, 5.74) is 0. The van der Waals surface area contributed by atoms with Crippen LogP contribution in [0, 0.1) is 5.92 Å². The Balaban J connectivity index is 1.35. The van der Waals surface area contributed by atoms with Gasteiger partial charge in [-0.2, -0.15) is 0 Å². The van der Waals surface area contributed by atoms with E-state index >= 15 is 0 Å². The molecular weight excluding hydrogens is 300 g/mol. The molecule has 1 heterocycles. The van der Waals surface area contributed by atoms with Crippen LogP contribution in [-0.4, -0.2) is 60.5 Å². The molecule has 4 heteroatoms. The van der Waals surface area contributed by atoms with Gasteiger partial charge >= 0.3 is 0 Å². The Morgan fingerprint density at radius 2 is 1.67 bits per heavy atom. The second-order valence-electron chi connectivity index (χ2n) is 8.27. The molecule has 2 N–H and O–H groups in total. The van der Waals surface area contributed by atoms with Crippen LogP contribution in [0.2, 0.25) is 0 Å². The predicted octanol–water partition coefficient (Wildman–Crippen LogP) is 2.94. The molecule has 0 bridgehead atoms. The molecule has 0 aromatic rings. The van der Waals surface area contributed by atoms with Gasteiger partial charge < -0.3 is 20.1 Å². The van der Waals surface area contributed by atoms with E-state index in [2.05, 4.69) is 17.1 Å². The van der Waals surface area contributed by atoms with E-state index in [9.17, 15) is 5.11 Å². The Morgan fingerprint density at radius 1 is 0.958 bits per heavy atom. The molecule has 0 aromatic carbocycles. The lowest BCUT2D eigenvalue weighted by atomic mass is 9.84. The van der Waals surface area contributed by atoms with Crippen molar-refractivity contribution in [1.29, 1.82) is 0 Å². The van der Waals surface area contributed by atoms with Gasteiger partial charge in [0.15, 0.2) is 0 Å². The Labute approximate surface area is 148 Å². The van der Waals surface area contributed by atoms with Crippen LogP contribution in [-0.2, 0) is 4.74 Å². The fourth-order valence-corrected chi connectivity index (χ4v) is 5.00. The summed E-state index contributed by atoms with van der Waals surface area (Å²) in [6, 6.07) is 1.78. The van der Waals surface area contributed by atoms with Gasteiger partial charge in [0.25, 0.3) is 0 Å². The molecule has 2 aliphatic carbocycles. The number of rotatable bonds is 6. The first-order valence-electron chi connectivity index (χ1n) is 10.5. The summed E-state index contributed by atoms with van der Waals surface area (Å²) >= 11 is 0. The van der Waals surface area contributed by atoms with Crippen molar-refractivity contribution in [3.63, 3.8) is 0 Å². The first-order valence-corrected chi connectivity index (χ1v) is 10.5. The molecular formula is C20H38N2O2. The van der Waals surface area contributed by atoms with Gasteiger partial charge in [0.2, 0.25) is 0 Å². The number of piperidine rings is 1. The first-order chi connectivity index (χ1) is 11.8. The third-order valence-electron chi connectivity index (χ3n) is 6.60. The Bertz CT molecular complexity index is 350. The molecule has 24 heavy (non-hydrogen) atoms. The van der Waals surface area contributed by atoms with Gasteiger partial charge in [-0.15, -0.1) is 0 Å². The molecule has 1 saturated heterocycles. The summed E-state index contributed by atoms with van der Waals surface area (Å²) in [5, 5.41) is 13.9. The topological polar surface area (TPSA) is 44.7 Å². The van der Waals surface area contributed by atoms with Gasteiger partial charge in [0.1, 0.15) is 0 Å². The highest BCUT2D eigenvalue weighted by Crippen LogP contribution is 2.30. The molecule has 4 nitrogen and oxygen atoms in total. The van der Waals surface area contributed by atoms with Gasteiger partial charge in [-0.25, -0.2) is 0 Å². The molecule has 3 aliphatic rings. The van der Waals surface area contributed by atoms with Crippen LogP contribution in [0.1, 0.15) is 71.1 Å². The van der Waals surface area contributed by atoms with E-state index in [-0.39, 0.29) is 6.10 Å². The van der Waals surface area contributed by atoms with Crippen LogP contribution in [0.4, 0.5) is 0 Å². The van der Waals surface area contributed by atoms with Gasteiger partial charge in [-0.05, 0) is 77.3 Å². The van der Waals surface area contributed by atoms with E-state index in [1.807, 2.05) is 0 Å². The van der Waals surface area contributed by atoms with E-state index < -0.39 is 0 Å². The first kappa shape index (κ1) is 18.6. The molecule has 2 saturated carbocycles. The van der Waals surface area contributed by atoms with Gasteiger partial charge in [0.05, 0.1) is 6.10 Å². The monoisotopic (exact) mass is 338 g/mol. The second-order valence-corrected chi connectivity index (χ2v) is 8.27. The average Bonchev–Trinajstić information content (AvgIpc) is 2.63. The molecule has 0 radical (unpaired) electrons. The molecule has 2 unspecified atom stereocenters. The maximum absolute atomic E-state index is 10.2. The normalized spacial score (nSPS) is 36.8. The SMILES string of the molecule is CCOC[C@H]1CC[C@H](N2CCC(NC3CCCCC3O)CC2)CC1. The molecule has 3 fully saturated rings. The van der Waals surface area contributed by atoms with E-state index in [4.69, 9.17) is 4.74 Å². The zero-order valence-corrected chi connectivity index (χ0v) is 15.6. The van der Waals surface area contributed by atoms with Crippen LogP contribution < -0.4 is 5.32 Å². The predicted molar refractivity (Wildman–Crippen MR) is 98.2 cm³/mol. The average molecular weight is 339 g/mol. The van der Waals surface area contributed by atoms with Crippen LogP contribution in [0.25, 0.3) is 0 Å². The summed E-state index contributed by atoms with van der Waals surface area (Å²) < 4.78 is 5.61. The third kappa shape index (κ3) is 5.17. The fourth-order valence-electron chi connectivity index (χ4n) is 5.00. The van der Waals surface area contributed by atoms with E-state index in [0.29, 0.717) is 12.1 Å². The summed E-state index contributed by atoms with van der Waals surface area (Å²) in [7, 11) is 0. The Morgan fingerprint density at radius 3 is 2.33 bits per heavy atom. The van der Waals surface area contributed by atoms with E-state index in [1.54, 1.807) is 0 Å². The second kappa shape index (κ2) is 9.51. The lowest BCUT2D eigenvalue weighted by Gasteiger charge is -2.42. The highest BCUT2D eigenvalue weighted by molar-refractivity contribution is 4.88. The standard InChI is InChI=1S/C20H38N2O2/c1-2-24-15-16-7-9-18(10-8-16)22-13-11-17(12-14-22)21-19-5-3-4-6-20(19)23/h16-21,23H,2-15H2,1H3/t16-,18-,19?,20?. The van der Waals surface area contributed by atoms with Crippen molar-refractivity contribution in [1.82, 2.24) is 10.2 Å². The molecule has 0 amide bonds. The van der Waals surface area contributed by atoms with Crippen LogP contribution >= 0.6 is 0 Å². The summed E-state index contributed by atoms with van der Waals surface area (Å²) in [6.45, 7) is 6.40. The minimum Gasteiger partial charge on any atom is -0.392 e. The molecule has 0 aromatic heterocycles. The number of aliphatic hydroxyl groups excluding tert-OH is 1. The molecule has 140 valence electrons. The molecule has 0 spiro atoms. The van der Waals surface area contributed by atoms with Crippen LogP contribution in [0.5, 0.6) is 0 Å². The van der Waals surface area contributed by atoms with Crippen molar-refractivity contribution in [2.45, 2.75) is 95.4 Å². The molecule has 2 atom stereocenters. The van der Waals surface area contributed by atoms with Gasteiger partial charge in [-0.3, -0.25) is 0 Å². The van der Waals surface area contributed by atoms with Gasteiger partial charge in [-0.1, -0.05) is 12.8 Å². The third-order valence-corrected chi connectivity index (χ3v) is 6.60. The highest BCUT2D eigenvalue weighted by atomic mass is 16.5. The quantitative estimate of drug-likeness (QED) is 0.781. The highest BCUT2D eigenvalue weighted by Gasteiger charge is 2.31. The largest absolute Gasteiger partial charge is 0.392 e. The Kier molecular flexibility index (Phi) is 7.38. The number of likely N-dealkylation sites (tertiary alicyclic amines) is 1. The van der Waals surface area contributed by atoms with E-state index in [1.165, 1.54) is 64.5 Å². The van der Waals surface area contributed by atoms with Gasteiger partial charge in [0, 0.05) is 31.3 Å². The number of hydrogen-bond acceptors (Lipinski definition) is 4. The van der Waals surface area contributed by atoms with Crippen molar-refractivity contribution in [2.24, 2.45) is 5.92 Å². The molecule has 1 aliphatic heterocycles. The van der Waals surface area contributed by atoms with Crippen molar-refractivity contribution in [2.75, 3.05) is 26.3 Å². The van der Waals surface area contributed by atoms with E-state index in [0.717, 1.165) is 38.0 Å². The van der Waals surface area contributed by atoms with Crippen molar-refractivity contribution >= 4 is 0 Å². The minimum absolute atomic E-state index is 0.114. The maximum atomic E-state index is 10.2. The number of nitrogens with zero attached hydrogens (tertiary/aromatic N) is 1. The number of ether oxygens (including phenoxy) is 1. The smallest absolute Gasteiger partial charge is 0.0693 e. The minimum atomic E-state index is -0.114. The Hall–Kier alpha value is -0.160. The lowest BCUT2D eigenvalue weighted by Crippen LogP contribution is -2.52. The fraction of sp³-hybridized carbons (Fsp3) is 1.00. The van der Waals surface area contributed by atoms with Crippen LogP contribution in [0.3, 0.4) is 0 Å². The van der Waals surface area contributed by atoms with Crippen molar-refractivity contribution in [3.8, 4) is 0 Å². The van der Waals surface area contributed by atoms with Crippen LogP contribution in [0.15, 0.2) is 0 Å². The zero-order valence-electron chi connectivity index (χ0n) is 15.6. The number of hydrogen-bond donors (Lipinski definition) is 2. The number of nitrogens with one attached hydrogen (secondary N) is 1. The lowest BCUT2D eigenvalue weighted by molar-refractivity contribution is 0.0510. The summed E-state index contributed by atoms with van der Waals surface area (Å²) in [6.07, 6.45) is 12.4. The van der Waals surface area contributed by atoms with Crippen molar-refractivity contribution in [3.05, 3.63) is 0 Å².